The number of ether oxygens (including phenoxy) is 1. The fourth-order valence-corrected chi connectivity index (χ4v) is 5.10. The van der Waals surface area contributed by atoms with E-state index in [0.717, 1.165) is 30.0 Å². The summed E-state index contributed by atoms with van der Waals surface area (Å²) < 4.78 is 39.3. The predicted octanol–water partition coefficient (Wildman–Crippen LogP) is 2.25. The van der Waals surface area contributed by atoms with Gasteiger partial charge in [0.15, 0.2) is 0 Å². The lowest BCUT2D eigenvalue weighted by Gasteiger charge is -2.30. The first kappa shape index (κ1) is 20.0. The molecule has 1 aromatic carbocycles. The van der Waals surface area contributed by atoms with Gasteiger partial charge in [-0.2, -0.15) is 0 Å². The van der Waals surface area contributed by atoms with Crippen LogP contribution in [0.3, 0.4) is 0 Å². The average molecular weight is 394 g/mol. The van der Waals surface area contributed by atoms with E-state index in [1.165, 1.54) is 0 Å². The van der Waals surface area contributed by atoms with Crippen molar-refractivity contribution in [3.63, 3.8) is 0 Å². The maximum atomic E-state index is 12.9. The van der Waals surface area contributed by atoms with Crippen LogP contribution < -0.4 is 4.72 Å². The highest BCUT2D eigenvalue weighted by atomic mass is 32.2. The molecule has 1 aliphatic rings. The van der Waals surface area contributed by atoms with Crippen LogP contribution in [0.2, 0.25) is 0 Å². The zero-order valence-corrected chi connectivity index (χ0v) is 16.9. The van der Waals surface area contributed by atoms with Crippen molar-refractivity contribution in [2.24, 2.45) is 0 Å². The molecule has 8 heteroatoms. The molecule has 3 rings (SSSR count). The van der Waals surface area contributed by atoms with Gasteiger partial charge in [0.2, 0.25) is 10.0 Å². The molecule has 0 spiro atoms. The molecule has 0 bridgehead atoms. The second-order valence-corrected chi connectivity index (χ2v) is 8.89. The molecule has 1 N–H and O–H groups in total. The Kier molecular flexibility index (Phi) is 6.00. The second kappa shape index (κ2) is 8.10. The number of hydrogen-bond donors (Lipinski definition) is 1. The molecular weight excluding hydrogens is 366 g/mol. The summed E-state index contributed by atoms with van der Waals surface area (Å²) in [6.45, 7) is 6.44. The molecule has 1 aromatic heterocycles. The summed E-state index contributed by atoms with van der Waals surface area (Å²) in [6, 6.07) is 8.50. The van der Waals surface area contributed by atoms with E-state index >= 15 is 0 Å². The topological polar surface area (TPSA) is 84.7 Å². The molecule has 1 atom stereocenters. The fraction of sp³-hybridized carbons (Fsp3) is 0.526. The quantitative estimate of drug-likeness (QED) is 0.740. The molecule has 1 fully saturated rings. The van der Waals surface area contributed by atoms with Gasteiger partial charge in [-0.15, -0.1) is 0 Å². The number of hydrogen-bond acceptors (Lipinski definition) is 6. The van der Waals surface area contributed by atoms with Gasteiger partial charge >= 0.3 is 0 Å². The van der Waals surface area contributed by atoms with Gasteiger partial charge in [-0.25, -0.2) is 13.1 Å². The Morgan fingerprint density at radius 2 is 2.04 bits per heavy atom. The Hall–Kier alpha value is -1.74. The van der Waals surface area contributed by atoms with Crippen molar-refractivity contribution >= 4 is 10.0 Å². The molecule has 2 heterocycles. The summed E-state index contributed by atoms with van der Waals surface area (Å²) in [5.41, 5.74) is 1.40. The minimum Gasteiger partial charge on any atom is -0.385 e. The van der Waals surface area contributed by atoms with E-state index in [9.17, 15) is 8.42 Å². The number of methoxy groups -OCH3 is 1. The van der Waals surface area contributed by atoms with Crippen LogP contribution in [0, 0.1) is 13.8 Å². The molecule has 1 saturated heterocycles. The van der Waals surface area contributed by atoms with Gasteiger partial charge in [0.25, 0.3) is 0 Å². The molecule has 0 unspecified atom stereocenters. The van der Waals surface area contributed by atoms with Crippen LogP contribution in [0.5, 0.6) is 0 Å². The smallest absolute Gasteiger partial charge is 0.241 e. The number of aromatic nitrogens is 1. The molecule has 0 amide bonds. The van der Waals surface area contributed by atoms with Crippen LogP contribution in [0.15, 0.2) is 39.8 Å². The van der Waals surface area contributed by atoms with Crippen molar-refractivity contribution in [1.82, 2.24) is 14.8 Å². The fourth-order valence-electron chi connectivity index (χ4n) is 3.62. The van der Waals surface area contributed by atoms with Crippen molar-refractivity contribution < 1.29 is 17.7 Å². The summed E-state index contributed by atoms with van der Waals surface area (Å²) in [5.74, 6) is 0.812. The SMILES string of the molecule is COCC[C@]1(NS(=O)(=O)c2ccccc2)CCN(Cc2c(C)noc2C)C1. The molecule has 1 aliphatic heterocycles. The summed E-state index contributed by atoms with van der Waals surface area (Å²) in [7, 11) is -1.96. The maximum Gasteiger partial charge on any atom is 0.241 e. The van der Waals surface area contributed by atoms with Gasteiger partial charge in [0.05, 0.1) is 10.6 Å². The molecule has 7 nitrogen and oxygen atoms in total. The largest absolute Gasteiger partial charge is 0.385 e. The summed E-state index contributed by atoms with van der Waals surface area (Å²) in [4.78, 5) is 2.53. The van der Waals surface area contributed by atoms with Crippen LogP contribution in [0.4, 0.5) is 0 Å². The second-order valence-electron chi connectivity index (χ2n) is 7.21. The van der Waals surface area contributed by atoms with E-state index in [1.54, 1.807) is 37.4 Å². The van der Waals surface area contributed by atoms with E-state index in [4.69, 9.17) is 9.26 Å². The van der Waals surface area contributed by atoms with Gasteiger partial charge in [0.1, 0.15) is 5.76 Å². The lowest BCUT2D eigenvalue weighted by molar-refractivity contribution is 0.161. The number of nitrogens with zero attached hydrogens (tertiary/aromatic N) is 2. The average Bonchev–Trinajstić information content (AvgIpc) is 3.19. The summed E-state index contributed by atoms with van der Waals surface area (Å²) in [5, 5.41) is 4.01. The van der Waals surface area contributed by atoms with Crippen molar-refractivity contribution in [2.75, 3.05) is 26.8 Å². The number of aryl methyl sites for hydroxylation is 2. The number of likely N-dealkylation sites (tertiary alicyclic amines) is 1. The minimum atomic E-state index is -3.60. The van der Waals surface area contributed by atoms with Crippen molar-refractivity contribution in [3.05, 3.63) is 47.3 Å². The Balaban J connectivity index is 1.78. The monoisotopic (exact) mass is 393 g/mol. The standard InChI is InChI=1S/C19H27N3O4S/c1-15-18(16(2)26-20-15)13-22-11-9-19(14-22,10-12-25-3)21-27(23,24)17-7-5-4-6-8-17/h4-8,21H,9-14H2,1-3H3/t19-/m1/s1. The van der Waals surface area contributed by atoms with Gasteiger partial charge < -0.3 is 9.26 Å². The molecule has 0 saturated carbocycles. The van der Waals surface area contributed by atoms with Crippen LogP contribution in [0.25, 0.3) is 0 Å². The number of benzene rings is 1. The summed E-state index contributed by atoms with van der Waals surface area (Å²) >= 11 is 0. The van der Waals surface area contributed by atoms with Crippen LogP contribution >= 0.6 is 0 Å². The third-order valence-electron chi connectivity index (χ3n) is 5.18. The molecular formula is C19H27N3O4S. The Labute approximate surface area is 160 Å². The minimum absolute atomic E-state index is 0.283. The molecule has 0 aliphatic carbocycles. The van der Waals surface area contributed by atoms with Crippen LogP contribution in [0.1, 0.15) is 29.9 Å². The van der Waals surface area contributed by atoms with Crippen LogP contribution in [-0.4, -0.2) is 50.8 Å². The predicted molar refractivity (Wildman–Crippen MR) is 102 cm³/mol. The van der Waals surface area contributed by atoms with E-state index < -0.39 is 15.6 Å². The Morgan fingerprint density at radius 3 is 2.67 bits per heavy atom. The zero-order valence-electron chi connectivity index (χ0n) is 16.1. The van der Waals surface area contributed by atoms with Crippen molar-refractivity contribution in [1.29, 1.82) is 0 Å². The third kappa shape index (κ3) is 4.57. The highest BCUT2D eigenvalue weighted by Gasteiger charge is 2.41. The Bertz CT molecular complexity index is 847. The molecule has 148 valence electrons. The normalized spacial score (nSPS) is 21.0. The maximum absolute atomic E-state index is 12.9. The summed E-state index contributed by atoms with van der Waals surface area (Å²) in [6.07, 6.45) is 1.35. The number of sulfonamides is 1. The van der Waals surface area contributed by atoms with Crippen molar-refractivity contribution in [2.45, 2.75) is 43.7 Å². The van der Waals surface area contributed by atoms with Gasteiger partial charge in [-0.05, 0) is 38.8 Å². The highest BCUT2D eigenvalue weighted by molar-refractivity contribution is 7.89. The van der Waals surface area contributed by atoms with Gasteiger partial charge in [-0.3, -0.25) is 4.90 Å². The Morgan fingerprint density at radius 1 is 1.30 bits per heavy atom. The van der Waals surface area contributed by atoms with E-state index in [0.29, 0.717) is 26.1 Å². The molecule has 0 radical (unpaired) electrons. The zero-order chi connectivity index (χ0) is 19.5. The van der Waals surface area contributed by atoms with E-state index in [-0.39, 0.29) is 4.90 Å². The first-order valence-corrected chi connectivity index (χ1v) is 10.6. The first-order valence-electron chi connectivity index (χ1n) is 9.07. The van der Waals surface area contributed by atoms with Crippen LogP contribution in [-0.2, 0) is 21.3 Å². The van der Waals surface area contributed by atoms with E-state index in [2.05, 4.69) is 14.8 Å². The van der Waals surface area contributed by atoms with E-state index in [1.807, 2.05) is 13.8 Å². The first-order chi connectivity index (χ1) is 12.9. The third-order valence-corrected chi connectivity index (χ3v) is 6.78. The number of nitrogens with one attached hydrogen (secondary N) is 1. The lowest BCUT2D eigenvalue weighted by Crippen LogP contribution is -2.51. The highest BCUT2D eigenvalue weighted by Crippen LogP contribution is 2.29. The number of rotatable bonds is 8. The molecule has 2 aromatic rings. The van der Waals surface area contributed by atoms with Gasteiger partial charge in [-0.1, -0.05) is 23.4 Å². The lowest BCUT2D eigenvalue weighted by atomic mass is 9.96. The van der Waals surface area contributed by atoms with Gasteiger partial charge in [0, 0.05) is 44.5 Å². The molecule has 27 heavy (non-hydrogen) atoms. The van der Waals surface area contributed by atoms with Crippen molar-refractivity contribution in [3.8, 4) is 0 Å².